The summed E-state index contributed by atoms with van der Waals surface area (Å²) >= 11 is 0. The molecule has 0 spiro atoms. The lowest BCUT2D eigenvalue weighted by atomic mass is 9.88. The molecule has 9 heteroatoms. The minimum Gasteiger partial charge on any atom is -0.489 e. The van der Waals surface area contributed by atoms with E-state index >= 15 is 0 Å². The Morgan fingerprint density at radius 1 is 1.21 bits per heavy atom. The number of nitrogens with zero attached hydrogens (tertiary/aromatic N) is 1. The maximum Gasteiger partial charge on any atom is 0.163 e. The van der Waals surface area contributed by atoms with Gasteiger partial charge in [0.1, 0.15) is 30.3 Å². The van der Waals surface area contributed by atoms with Crippen molar-refractivity contribution in [3.63, 3.8) is 0 Å². The molecule has 2 atom stereocenters. The largest absolute Gasteiger partial charge is 0.489 e. The van der Waals surface area contributed by atoms with Crippen LogP contribution in [0.15, 0.2) is 48.5 Å². The highest BCUT2D eigenvalue weighted by Crippen LogP contribution is 2.44. The number of nitrogens with two attached hydrogens (primary N) is 1. The third-order valence-corrected chi connectivity index (χ3v) is 7.05. The molecule has 0 bridgehead atoms. The second kappa shape index (κ2) is 10.6. The van der Waals surface area contributed by atoms with Crippen molar-refractivity contribution < 1.29 is 33.6 Å². The van der Waals surface area contributed by atoms with Gasteiger partial charge < -0.3 is 30.2 Å². The van der Waals surface area contributed by atoms with Crippen molar-refractivity contribution in [3.05, 3.63) is 71.2 Å². The number of aliphatic hydroxyl groups is 2. The van der Waals surface area contributed by atoms with Crippen LogP contribution >= 0.6 is 0 Å². The predicted octanol–water partition coefficient (Wildman–Crippen LogP) is 4.24. The van der Waals surface area contributed by atoms with Crippen LogP contribution in [0.3, 0.4) is 0 Å². The minimum atomic E-state index is -1.46. The minimum absolute atomic E-state index is 0.0494. The van der Waals surface area contributed by atoms with Crippen molar-refractivity contribution in [2.24, 2.45) is 5.73 Å². The summed E-state index contributed by atoms with van der Waals surface area (Å²) in [6.07, 6.45) is 2.14. The molecule has 0 amide bonds. The van der Waals surface area contributed by atoms with Gasteiger partial charge in [0, 0.05) is 23.1 Å². The summed E-state index contributed by atoms with van der Waals surface area (Å²) < 4.78 is 30.9. The van der Waals surface area contributed by atoms with E-state index < -0.39 is 11.1 Å². The van der Waals surface area contributed by atoms with Crippen LogP contribution in [0, 0.1) is 5.82 Å². The van der Waals surface area contributed by atoms with E-state index in [1.54, 1.807) is 43.3 Å². The smallest absolute Gasteiger partial charge is 0.163 e. The van der Waals surface area contributed by atoms with Crippen LogP contribution in [0.4, 0.5) is 4.39 Å². The number of fused-ring (bicyclic) bond motifs is 1. The van der Waals surface area contributed by atoms with Crippen LogP contribution in [0.1, 0.15) is 61.1 Å². The number of hydrogen-bond acceptors (Lipinski definition) is 8. The zero-order chi connectivity index (χ0) is 27.8. The Balaban J connectivity index is 1.39. The maximum atomic E-state index is 13.6. The molecule has 39 heavy (non-hydrogen) atoms. The number of carbonyl (C=O) groups is 1. The van der Waals surface area contributed by atoms with Gasteiger partial charge in [0.2, 0.25) is 0 Å². The Morgan fingerprint density at radius 2 is 1.95 bits per heavy atom. The number of aliphatic hydroxyl groups excluding tert-OH is 1. The second-order valence-electron chi connectivity index (χ2n) is 10.7. The van der Waals surface area contributed by atoms with Crippen LogP contribution < -0.4 is 19.9 Å². The molecule has 2 unspecified atom stereocenters. The molecule has 8 nitrogen and oxygen atoms in total. The number of ketones is 1. The van der Waals surface area contributed by atoms with Crippen molar-refractivity contribution in [3.8, 4) is 28.5 Å². The number of Topliss-reactive ketones (excluding diaryl/α,β-unsaturated/α-hetero) is 1. The van der Waals surface area contributed by atoms with Crippen LogP contribution in [0.25, 0.3) is 11.3 Å². The van der Waals surface area contributed by atoms with Gasteiger partial charge in [-0.2, -0.15) is 0 Å². The number of hydrogen-bond donors (Lipinski definition) is 3. The van der Waals surface area contributed by atoms with Crippen molar-refractivity contribution >= 4 is 5.78 Å². The highest BCUT2D eigenvalue weighted by Gasteiger charge is 2.38. The SMILES string of the molecule is CC1(N)COc2c1cc(C(C)(O)CCC(=O)c1ccc(OCCO)c(OC3CC3)c1)nc2-c1ccc(F)cc1. The van der Waals surface area contributed by atoms with Crippen molar-refractivity contribution in [1.82, 2.24) is 4.98 Å². The molecular formula is C30H33FN2O6. The number of rotatable bonds is 11. The van der Waals surface area contributed by atoms with Gasteiger partial charge in [-0.25, -0.2) is 9.37 Å². The molecule has 0 saturated heterocycles. The predicted molar refractivity (Wildman–Crippen MR) is 142 cm³/mol. The van der Waals surface area contributed by atoms with Crippen LogP contribution in [-0.2, 0) is 11.1 Å². The molecule has 1 aromatic heterocycles. The van der Waals surface area contributed by atoms with E-state index in [0.717, 1.165) is 12.8 Å². The van der Waals surface area contributed by atoms with E-state index in [1.165, 1.54) is 12.1 Å². The zero-order valence-electron chi connectivity index (χ0n) is 22.1. The summed E-state index contributed by atoms with van der Waals surface area (Å²) in [6.45, 7) is 3.68. The monoisotopic (exact) mass is 536 g/mol. The molecule has 0 radical (unpaired) electrons. The van der Waals surface area contributed by atoms with Crippen molar-refractivity contribution in [2.75, 3.05) is 19.8 Å². The van der Waals surface area contributed by atoms with E-state index in [9.17, 15) is 14.3 Å². The van der Waals surface area contributed by atoms with Gasteiger partial charge in [0.15, 0.2) is 23.0 Å². The first kappa shape index (κ1) is 27.1. The van der Waals surface area contributed by atoms with E-state index in [-0.39, 0.29) is 50.4 Å². The lowest BCUT2D eigenvalue weighted by Gasteiger charge is -2.25. The summed E-state index contributed by atoms with van der Waals surface area (Å²) in [5, 5.41) is 20.6. The molecule has 1 aliphatic heterocycles. The van der Waals surface area contributed by atoms with Crippen LogP contribution in [0.5, 0.6) is 17.2 Å². The Morgan fingerprint density at radius 3 is 2.64 bits per heavy atom. The van der Waals surface area contributed by atoms with Gasteiger partial charge in [-0.1, -0.05) is 0 Å². The van der Waals surface area contributed by atoms with Gasteiger partial charge in [-0.15, -0.1) is 0 Å². The van der Waals surface area contributed by atoms with Crippen molar-refractivity contribution in [1.29, 1.82) is 0 Å². The first-order chi connectivity index (χ1) is 18.6. The molecule has 206 valence electrons. The van der Waals surface area contributed by atoms with Gasteiger partial charge in [0.05, 0.1) is 23.9 Å². The normalized spacial score (nSPS) is 19.6. The number of pyridine rings is 1. The van der Waals surface area contributed by atoms with Crippen molar-refractivity contribution in [2.45, 2.75) is 56.8 Å². The lowest BCUT2D eigenvalue weighted by molar-refractivity contribution is 0.0396. The van der Waals surface area contributed by atoms with E-state index in [1.807, 2.05) is 6.92 Å². The zero-order valence-corrected chi connectivity index (χ0v) is 22.1. The lowest BCUT2D eigenvalue weighted by Crippen LogP contribution is -2.35. The Bertz CT molecular complexity index is 1370. The molecule has 3 aromatic rings. The van der Waals surface area contributed by atoms with Gasteiger partial charge in [-0.3, -0.25) is 4.79 Å². The highest BCUT2D eigenvalue weighted by atomic mass is 19.1. The first-order valence-corrected chi connectivity index (χ1v) is 13.1. The van der Waals surface area contributed by atoms with Gasteiger partial charge >= 0.3 is 0 Å². The summed E-state index contributed by atoms with van der Waals surface area (Å²) in [4.78, 5) is 17.9. The molecule has 1 aliphatic carbocycles. The third-order valence-electron chi connectivity index (χ3n) is 7.05. The molecular weight excluding hydrogens is 503 g/mol. The topological polar surface area (TPSA) is 124 Å². The number of benzene rings is 2. The Hall–Kier alpha value is -3.53. The summed E-state index contributed by atoms with van der Waals surface area (Å²) in [6, 6.07) is 12.6. The van der Waals surface area contributed by atoms with Gasteiger partial charge in [0.25, 0.3) is 0 Å². The third kappa shape index (κ3) is 5.90. The van der Waals surface area contributed by atoms with E-state index in [4.69, 9.17) is 30.0 Å². The summed E-state index contributed by atoms with van der Waals surface area (Å²) in [5.74, 6) is 0.906. The number of halogens is 1. The molecule has 2 aromatic carbocycles. The number of carbonyl (C=O) groups excluding carboxylic acids is 1. The average molecular weight is 537 g/mol. The standard InChI is InChI=1S/C30H33FN2O6/c1-29(32)17-38-28-22(29)16-26(33-27(28)18-3-6-20(31)7-4-18)30(2,36)12-11-23(35)19-5-10-24(37-14-13-34)25(15-19)39-21-8-9-21/h3-7,10,15-16,21,34,36H,8-9,11-14,17,32H2,1-2H3. The van der Waals surface area contributed by atoms with Gasteiger partial charge in [-0.05, 0) is 81.6 Å². The first-order valence-electron chi connectivity index (χ1n) is 13.1. The maximum absolute atomic E-state index is 13.6. The molecule has 2 aliphatic rings. The van der Waals surface area contributed by atoms with Crippen LogP contribution in [-0.4, -0.2) is 46.9 Å². The highest BCUT2D eigenvalue weighted by molar-refractivity contribution is 5.96. The second-order valence-corrected chi connectivity index (χ2v) is 10.7. The molecule has 5 rings (SSSR count). The Kier molecular flexibility index (Phi) is 7.33. The fraction of sp³-hybridized carbons (Fsp3) is 0.400. The number of ether oxygens (including phenoxy) is 3. The fourth-order valence-corrected chi connectivity index (χ4v) is 4.53. The van der Waals surface area contributed by atoms with E-state index in [2.05, 4.69) is 0 Å². The van der Waals surface area contributed by atoms with E-state index in [0.29, 0.717) is 45.3 Å². The van der Waals surface area contributed by atoms with Crippen LogP contribution in [0.2, 0.25) is 0 Å². The Labute approximate surface area is 226 Å². The fourth-order valence-electron chi connectivity index (χ4n) is 4.53. The summed E-state index contributed by atoms with van der Waals surface area (Å²) in [7, 11) is 0. The average Bonchev–Trinajstić information content (AvgIpc) is 3.68. The molecule has 1 fully saturated rings. The number of aromatic nitrogens is 1. The summed E-state index contributed by atoms with van der Waals surface area (Å²) in [5.41, 5.74) is 6.79. The quantitative estimate of drug-likeness (QED) is 0.311. The molecule has 1 saturated carbocycles. The molecule has 4 N–H and O–H groups in total. The molecule has 2 heterocycles.